The van der Waals surface area contributed by atoms with Gasteiger partial charge in [0.15, 0.2) is 0 Å². The highest BCUT2D eigenvalue weighted by atomic mass is 16.3. The van der Waals surface area contributed by atoms with E-state index in [1.165, 1.54) is 0 Å². The van der Waals surface area contributed by atoms with E-state index in [1.807, 2.05) is 66.9 Å². The molecular weight excluding hydrogens is 326 g/mol. The lowest BCUT2D eigenvalue weighted by Crippen LogP contribution is -2.24. The van der Waals surface area contributed by atoms with Gasteiger partial charge in [-0.1, -0.05) is 35.9 Å². The molecule has 0 saturated carbocycles. The van der Waals surface area contributed by atoms with E-state index in [9.17, 15) is 4.79 Å². The van der Waals surface area contributed by atoms with Crippen LogP contribution in [0.2, 0.25) is 0 Å². The lowest BCUT2D eigenvalue weighted by molar-refractivity contribution is 0.0943. The molecule has 0 saturated heterocycles. The molecule has 0 atom stereocenters. The summed E-state index contributed by atoms with van der Waals surface area (Å²) >= 11 is 0. The zero-order valence-electron chi connectivity index (χ0n) is 14.7. The first-order valence-corrected chi connectivity index (χ1v) is 8.48. The highest BCUT2D eigenvalue weighted by Gasteiger charge is 2.20. The van der Waals surface area contributed by atoms with Crippen LogP contribution in [0.1, 0.15) is 27.4 Å². The maximum absolute atomic E-state index is 13.0. The Labute approximate surface area is 151 Å². The van der Waals surface area contributed by atoms with Crippen LogP contribution in [0.3, 0.4) is 0 Å². The number of rotatable bonds is 4. The minimum atomic E-state index is -0.185. The molecule has 1 amide bonds. The van der Waals surface area contributed by atoms with E-state index in [1.54, 1.807) is 12.3 Å². The summed E-state index contributed by atoms with van der Waals surface area (Å²) in [6.07, 6.45) is 3.53. The molecule has 0 bridgehead atoms. The number of carbonyl (C=O) groups excluding carboxylic acids is 1. The van der Waals surface area contributed by atoms with Gasteiger partial charge in [0.1, 0.15) is 22.8 Å². The van der Waals surface area contributed by atoms with Gasteiger partial charge in [-0.05, 0) is 37.6 Å². The van der Waals surface area contributed by atoms with Crippen molar-refractivity contribution >= 4 is 11.6 Å². The van der Waals surface area contributed by atoms with Crippen LogP contribution in [-0.4, -0.2) is 15.3 Å². The Balaban J connectivity index is 1.79. The maximum atomic E-state index is 13.0. The standard InChI is InChI=1S/C21H19N3O2/c1-14-5-8-16(9-6-14)19-20(21(25)22-12-17-4-3-11-26-17)24-13-15(2)7-10-18(24)23-19/h3-11,13H,12H2,1-2H3,(H,22,25). The molecule has 0 fully saturated rings. The van der Waals surface area contributed by atoms with E-state index >= 15 is 0 Å². The Morgan fingerprint density at radius 3 is 2.58 bits per heavy atom. The van der Waals surface area contributed by atoms with Crippen molar-refractivity contribution in [2.24, 2.45) is 0 Å². The predicted molar refractivity (Wildman–Crippen MR) is 100.0 cm³/mol. The quantitative estimate of drug-likeness (QED) is 0.605. The Hall–Kier alpha value is -3.34. The number of nitrogens with one attached hydrogen (secondary N) is 1. The van der Waals surface area contributed by atoms with Crippen molar-refractivity contribution in [3.05, 3.63) is 83.6 Å². The van der Waals surface area contributed by atoms with Crippen LogP contribution in [0.5, 0.6) is 0 Å². The first-order valence-electron chi connectivity index (χ1n) is 8.48. The molecular formula is C21H19N3O2. The van der Waals surface area contributed by atoms with E-state index in [2.05, 4.69) is 5.32 Å². The maximum Gasteiger partial charge on any atom is 0.270 e. The molecule has 26 heavy (non-hydrogen) atoms. The Morgan fingerprint density at radius 1 is 1.08 bits per heavy atom. The van der Waals surface area contributed by atoms with Crippen LogP contribution < -0.4 is 5.32 Å². The lowest BCUT2D eigenvalue weighted by Gasteiger charge is -2.07. The van der Waals surface area contributed by atoms with Crippen LogP contribution >= 0.6 is 0 Å². The van der Waals surface area contributed by atoms with Gasteiger partial charge in [0.2, 0.25) is 0 Å². The fraction of sp³-hybridized carbons (Fsp3) is 0.143. The average Bonchev–Trinajstić information content (AvgIpc) is 3.27. The molecule has 3 heterocycles. The number of pyridine rings is 1. The molecule has 0 aliphatic rings. The number of amides is 1. The second-order valence-corrected chi connectivity index (χ2v) is 6.37. The monoisotopic (exact) mass is 345 g/mol. The molecule has 5 heteroatoms. The van der Waals surface area contributed by atoms with Gasteiger partial charge in [0.05, 0.1) is 12.8 Å². The van der Waals surface area contributed by atoms with Crippen molar-refractivity contribution in [2.75, 3.05) is 0 Å². The molecule has 1 aromatic carbocycles. The number of hydrogen-bond donors (Lipinski definition) is 1. The Morgan fingerprint density at radius 2 is 1.85 bits per heavy atom. The van der Waals surface area contributed by atoms with Crippen LogP contribution in [0.15, 0.2) is 65.4 Å². The Kier molecular flexibility index (Phi) is 4.05. The third kappa shape index (κ3) is 2.99. The number of aromatic nitrogens is 2. The van der Waals surface area contributed by atoms with E-state index in [4.69, 9.17) is 9.40 Å². The topological polar surface area (TPSA) is 59.5 Å². The first kappa shape index (κ1) is 16.1. The van der Waals surface area contributed by atoms with Crippen LogP contribution in [0.25, 0.3) is 16.9 Å². The zero-order valence-corrected chi connectivity index (χ0v) is 14.7. The number of fused-ring (bicyclic) bond motifs is 1. The third-order valence-electron chi connectivity index (χ3n) is 4.31. The molecule has 0 spiro atoms. The van der Waals surface area contributed by atoms with E-state index < -0.39 is 0 Å². The summed E-state index contributed by atoms with van der Waals surface area (Å²) in [5.74, 6) is 0.523. The van der Waals surface area contributed by atoms with Gasteiger partial charge in [-0.15, -0.1) is 0 Å². The van der Waals surface area contributed by atoms with Crippen molar-refractivity contribution in [1.82, 2.24) is 14.7 Å². The molecule has 5 nitrogen and oxygen atoms in total. The average molecular weight is 345 g/mol. The van der Waals surface area contributed by atoms with Crippen LogP contribution in [0, 0.1) is 13.8 Å². The van der Waals surface area contributed by atoms with Crippen molar-refractivity contribution in [3.63, 3.8) is 0 Å². The minimum Gasteiger partial charge on any atom is -0.467 e. The van der Waals surface area contributed by atoms with Crippen LogP contribution in [-0.2, 0) is 6.54 Å². The molecule has 4 rings (SSSR count). The summed E-state index contributed by atoms with van der Waals surface area (Å²) in [7, 11) is 0. The van der Waals surface area contributed by atoms with Crippen molar-refractivity contribution in [2.45, 2.75) is 20.4 Å². The van der Waals surface area contributed by atoms with Gasteiger partial charge >= 0.3 is 0 Å². The smallest absolute Gasteiger partial charge is 0.270 e. The predicted octanol–water partition coefficient (Wildman–Crippen LogP) is 4.14. The summed E-state index contributed by atoms with van der Waals surface area (Å²) < 4.78 is 7.15. The SMILES string of the molecule is Cc1ccc(-c2nc3ccc(C)cn3c2C(=O)NCc2ccco2)cc1. The van der Waals surface area contributed by atoms with Crippen LogP contribution in [0.4, 0.5) is 0 Å². The number of nitrogens with zero attached hydrogens (tertiary/aromatic N) is 2. The zero-order chi connectivity index (χ0) is 18.1. The number of benzene rings is 1. The van der Waals surface area contributed by atoms with Gasteiger partial charge in [-0.3, -0.25) is 9.20 Å². The molecule has 3 aromatic heterocycles. The normalized spacial score (nSPS) is 11.0. The van der Waals surface area contributed by atoms with Gasteiger partial charge < -0.3 is 9.73 Å². The van der Waals surface area contributed by atoms with Gasteiger partial charge in [-0.2, -0.15) is 0 Å². The number of hydrogen-bond acceptors (Lipinski definition) is 3. The second kappa shape index (κ2) is 6.52. The number of aryl methyl sites for hydroxylation is 2. The van der Waals surface area contributed by atoms with Gasteiger partial charge in [0, 0.05) is 11.8 Å². The van der Waals surface area contributed by atoms with Gasteiger partial charge in [0.25, 0.3) is 5.91 Å². The van der Waals surface area contributed by atoms with E-state index in [0.717, 1.165) is 22.3 Å². The highest BCUT2D eigenvalue weighted by Crippen LogP contribution is 2.25. The summed E-state index contributed by atoms with van der Waals surface area (Å²) in [4.78, 5) is 17.7. The molecule has 0 unspecified atom stereocenters. The van der Waals surface area contributed by atoms with E-state index in [-0.39, 0.29) is 5.91 Å². The molecule has 4 aromatic rings. The molecule has 1 N–H and O–H groups in total. The summed E-state index contributed by atoms with van der Waals surface area (Å²) in [5.41, 5.74) is 5.09. The summed E-state index contributed by atoms with van der Waals surface area (Å²) in [5, 5.41) is 2.93. The number of imidazole rings is 1. The van der Waals surface area contributed by atoms with Crippen molar-refractivity contribution < 1.29 is 9.21 Å². The molecule has 0 aliphatic heterocycles. The van der Waals surface area contributed by atoms with Crippen molar-refractivity contribution in [1.29, 1.82) is 0 Å². The van der Waals surface area contributed by atoms with E-state index in [0.29, 0.717) is 23.7 Å². The van der Waals surface area contributed by atoms with Crippen molar-refractivity contribution in [3.8, 4) is 11.3 Å². The molecule has 0 radical (unpaired) electrons. The number of carbonyl (C=O) groups is 1. The lowest BCUT2D eigenvalue weighted by atomic mass is 10.1. The fourth-order valence-corrected chi connectivity index (χ4v) is 2.94. The molecule has 0 aliphatic carbocycles. The largest absolute Gasteiger partial charge is 0.467 e. The third-order valence-corrected chi connectivity index (χ3v) is 4.31. The number of furan rings is 1. The summed E-state index contributed by atoms with van der Waals surface area (Å²) in [6, 6.07) is 15.6. The second-order valence-electron chi connectivity index (χ2n) is 6.37. The molecule has 130 valence electrons. The first-order chi connectivity index (χ1) is 12.6. The van der Waals surface area contributed by atoms with Gasteiger partial charge in [-0.25, -0.2) is 4.98 Å². The minimum absolute atomic E-state index is 0.185. The highest BCUT2D eigenvalue weighted by molar-refractivity contribution is 5.99. The summed E-state index contributed by atoms with van der Waals surface area (Å²) in [6.45, 7) is 4.36. The Bertz CT molecular complexity index is 1060. The fourth-order valence-electron chi connectivity index (χ4n) is 2.94.